The summed E-state index contributed by atoms with van der Waals surface area (Å²) in [4.78, 5) is 11.0. The Labute approximate surface area is 75.5 Å². The Morgan fingerprint density at radius 1 is 1.42 bits per heavy atom. The van der Waals surface area contributed by atoms with Gasteiger partial charge in [-0.25, -0.2) is 0 Å². The van der Waals surface area contributed by atoms with Crippen LogP contribution in [0.25, 0.3) is 0 Å². The minimum atomic E-state index is 0.263. The van der Waals surface area contributed by atoms with Gasteiger partial charge in [0, 0.05) is 5.92 Å². The molecule has 0 amide bonds. The number of rotatable bonds is 6. The average molecular weight is 171 g/mol. The summed E-state index contributed by atoms with van der Waals surface area (Å²) in [5.74, 6) is 1.14. The molecule has 2 heteroatoms. The van der Waals surface area contributed by atoms with Gasteiger partial charge in [-0.15, -0.1) is 0 Å². The van der Waals surface area contributed by atoms with Gasteiger partial charge in [0.2, 0.25) is 0 Å². The fourth-order valence-corrected chi connectivity index (χ4v) is 1.30. The van der Waals surface area contributed by atoms with E-state index in [-0.39, 0.29) is 5.92 Å². The predicted octanol–water partition coefficient (Wildman–Crippen LogP) is 1.98. The van der Waals surface area contributed by atoms with E-state index in [2.05, 4.69) is 13.8 Å². The maximum absolute atomic E-state index is 11.0. The van der Waals surface area contributed by atoms with Crippen LogP contribution in [0.3, 0.4) is 0 Å². The van der Waals surface area contributed by atoms with Crippen LogP contribution < -0.4 is 5.73 Å². The van der Waals surface area contributed by atoms with Crippen molar-refractivity contribution in [2.45, 2.75) is 40.0 Å². The van der Waals surface area contributed by atoms with Crippen molar-refractivity contribution in [1.82, 2.24) is 0 Å². The van der Waals surface area contributed by atoms with E-state index in [1.54, 1.807) is 6.92 Å². The molecule has 0 aromatic heterocycles. The van der Waals surface area contributed by atoms with E-state index in [0.29, 0.717) is 11.7 Å². The van der Waals surface area contributed by atoms with E-state index in [4.69, 9.17) is 5.73 Å². The summed E-state index contributed by atoms with van der Waals surface area (Å²) in [6, 6.07) is 0. The fourth-order valence-electron chi connectivity index (χ4n) is 1.30. The first-order valence-corrected chi connectivity index (χ1v) is 4.82. The second kappa shape index (κ2) is 6.18. The smallest absolute Gasteiger partial charge is 0.132 e. The molecule has 2 atom stereocenters. The standard InChI is InChI=1S/C10H21NO/c1-4-10(9(3)12)6-5-8(2)7-11/h8,10H,4-7,11H2,1-3H3. The summed E-state index contributed by atoms with van der Waals surface area (Å²) < 4.78 is 0. The molecule has 0 heterocycles. The third-order valence-electron chi connectivity index (χ3n) is 2.48. The molecular weight excluding hydrogens is 150 g/mol. The molecule has 2 nitrogen and oxygen atoms in total. The average Bonchev–Trinajstić information content (AvgIpc) is 2.04. The molecule has 0 saturated heterocycles. The Morgan fingerprint density at radius 3 is 2.33 bits per heavy atom. The van der Waals surface area contributed by atoms with Crippen molar-refractivity contribution in [3.05, 3.63) is 0 Å². The first-order valence-electron chi connectivity index (χ1n) is 4.82. The van der Waals surface area contributed by atoms with Crippen molar-refractivity contribution >= 4 is 5.78 Å². The van der Waals surface area contributed by atoms with Crippen LogP contribution in [0.5, 0.6) is 0 Å². The lowest BCUT2D eigenvalue weighted by molar-refractivity contribution is -0.121. The lowest BCUT2D eigenvalue weighted by Gasteiger charge is -2.13. The van der Waals surface area contributed by atoms with Gasteiger partial charge in [-0.2, -0.15) is 0 Å². The highest BCUT2D eigenvalue weighted by Gasteiger charge is 2.12. The highest BCUT2D eigenvalue weighted by molar-refractivity contribution is 5.78. The van der Waals surface area contributed by atoms with Crippen molar-refractivity contribution in [2.24, 2.45) is 17.6 Å². The lowest BCUT2D eigenvalue weighted by atomic mass is 9.92. The number of carbonyl (C=O) groups excluding carboxylic acids is 1. The molecule has 0 aliphatic heterocycles. The maximum atomic E-state index is 11.0. The summed E-state index contributed by atoms with van der Waals surface area (Å²) >= 11 is 0. The van der Waals surface area contributed by atoms with E-state index in [0.717, 1.165) is 25.8 Å². The van der Waals surface area contributed by atoms with Crippen LogP contribution in [-0.4, -0.2) is 12.3 Å². The predicted molar refractivity (Wildman–Crippen MR) is 51.9 cm³/mol. The fraction of sp³-hybridized carbons (Fsp3) is 0.900. The molecule has 0 aromatic rings. The Kier molecular flexibility index (Phi) is 5.99. The van der Waals surface area contributed by atoms with Gasteiger partial charge >= 0.3 is 0 Å². The highest BCUT2D eigenvalue weighted by Crippen LogP contribution is 2.15. The van der Waals surface area contributed by atoms with Gasteiger partial charge in [0.25, 0.3) is 0 Å². The van der Waals surface area contributed by atoms with Crippen molar-refractivity contribution in [3.8, 4) is 0 Å². The topological polar surface area (TPSA) is 43.1 Å². The normalized spacial score (nSPS) is 15.7. The largest absolute Gasteiger partial charge is 0.330 e. The summed E-state index contributed by atoms with van der Waals surface area (Å²) in [7, 11) is 0. The Morgan fingerprint density at radius 2 is 2.00 bits per heavy atom. The quantitative estimate of drug-likeness (QED) is 0.664. The van der Waals surface area contributed by atoms with Crippen LogP contribution in [0.4, 0.5) is 0 Å². The second-order valence-electron chi connectivity index (χ2n) is 3.63. The van der Waals surface area contributed by atoms with Gasteiger partial charge in [-0.1, -0.05) is 13.8 Å². The summed E-state index contributed by atoms with van der Waals surface area (Å²) in [5, 5.41) is 0. The van der Waals surface area contributed by atoms with Crippen molar-refractivity contribution in [1.29, 1.82) is 0 Å². The van der Waals surface area contributed by atoms with Crippen molar-refractivity contribution < 1.29 is 4.79 Å². The number of ketones is 1. The van der Waals surface area contributed by atoms with Crippen LogP contribution in [0.2, 0.25) is 0 Å². The van der Waals surface area contributed by atoms with E-state index in [1.165, 1.54) is 0 Å². The number of carbonyl (C=O) groups is 1. The van der Waals surface area contributed by atoms with E-state index in [1.807, 2.05) is 0 Å². The van der Waals surface area contributed by atoms with E-state index >= 15 is 0 Å². The molecule has 12 heavy (non-hydrogen) atoms. The van der Waals surface area contributed by atoms with Crippen LogP contribution in [-0.2, 0) is 4.79 Å². The highest BCUT2D eigenvalue weighted by atomic mass is 16.1. The zero-order valence-electron chi connectivity index (χ0n) is 8.47. The van der Waals surface area contributed by atoms with Gasteiger partial charge in [0.15, 0.2) is 0 Å². The van der Waals surface area contributed by atoms with E-state index in [9.17, 15) is 4.79 Å². The Bertz CT molecular complexity index is 134. The monoisotopic (exact) mass is 171 g/mol. The third kappa shape index (κ3) is 4.50. The SMILES string of the molecule is CCC(CCC(C)CN)C(C)=O. The van der Waals surface area contributed by atoms with Crippen LogP contribution in [0.15, 0.2) is 0 Å². The van der Waals surface area contributed by atoms with Gasteiger partial charge in [0.05, 0.1) is 0 Å². The molecule has 0 aromatic carbocycles. The molecule has 0 bridgehead atoms. The van der Waals surface area contributed by atoms with Crippen LogP contribution in [0.1, 0.15) is 40.0 Å². The number of hydrogen-bond donors (Lipinski definition) is 1. The number of hydrogen-bond acceptors (Lipinski definition) is 2. The molecule has 0 fully saturated rings. The van der Waals surface area contributed by atoms with Gasteiger partial charge in [-0.05, 0) is 38.6 Å². The first kappa shape index (κ1) is 11.6. The van der Waals surface area contributed by atoms with Crippen LogP contribution in [0, 0.1) is 11.8 Å². The maximum Gasteiger partial charge on any atom is 0.132 e. The third-order valence-corrected chi connectivity index (χ3v) is 2.48. The lowest BCUT2D eigenvalue weighted by Crippen LogP contribution is -2.15. The first-order chi connectivity index (χ1) is 5.61. The minimum Gasteiger partial charge on any atom is -0.330 e. The molecule has 2 unspecified atom stereocenters. The zero-order valence-corrected chi connectivity index (χ0v) is 8.47. The van der Waals surface area contributed by atoms with Crippen molar-refractivity contribution in [3.63, 3.8) is 0 Å². The molecule has 0 aliphatic carbocycles. The molecule has 0 aliphatic rings. The number of nitrogens with two attached hydrogens (primary N) is 1. The summed E-state index contributed by atoms with van der Waals surface area (Å²) in [5.41, 5.74) is 5.49. The minimum absolute atomic E-state index is 0.263. The molecule has 0 radical (unpaired) electrons. The molecule has 72 valence electrons. The van der Waals surface area contributed by atoms with Gasteiger partial charge in [-0.3, -0.25) is 4.79 Å². The van der Waals surface area contributed by atoms with Crippen LogP contribution >= 0.6 is 0 Å². The Balaban J connectivity index is 3.65. The molecule has 0 saturated carbocycles. The van der Waals surface area contributed by atoms with Crippen molar-refractivity contribution in [2.75, 3.05) is 6.54 Å². The molecule has 0 spiro atoms. The molecular formula is C10H21NO. The van der Waals surface area contributed by atoms with Gasteiger partial charge in [0.1, 0.15) is 5.78 Å². The van der Waals surface area contributed by atoms with Gasteiger partial charge < -0.3 is 5.73 Å². The number of Topliss-reactive ketones (excluding diaryl/α,β-unsaturated/α-hetero) is 1. The Hall–Kier alpha value is -0.370. The summed E-state index contributed by atoms with van der Waals surface area (Å²) in [6.45, 7) is 6.61. The second-order valence-corrected chi connectivity index (χ2v) is 3.63. The zero-order chi connectivity index (χ0) is 9.56. The van der Waals surface area contributed by atoms with E-state index < -0.39 is 0 Å². The molecule has 2 N–H and O–H groups in total. The molecule has 0 rings (SSSR count). The summed E-state index contributed by atoms with van der Waals surface area (Å²) in [6.07, 6.45) is 3.05.